The van der Waals surface area contributed by atoms with Crippen molar-refractivity contribution in [3.05, 3.63) is 0 Å². The van der Waals surface area contributed by atoms with Gasteiger partial charge in [-0.25, -0.2) is 4.79 Å². The Kier molecular flexibility index (Phi) is 5.93. The number of alkyl halides is 1. The Hall–Kier alpha value is 0.110. The minimum absolute atomic E-state index is 0.337. The number of rotatable bonds is 4. The molecule has 0 saturated heterocycles. The van der Waals surface area contributed by atoms with Crippen molar-refractivity contribution in [1.29, 1.82) is 0 Å². The lowest BCUT2D eigenvalue weighted by atomic mass is 10.7. The highest BCUT2D eigenvalue weighted by Crippen LogP contribution is 2.15. The molecule has 0 radical (unpaired) electrons. The quantitative estimate of drug-likeness (QED) is 0.491. The summed E-state index contributed by atoms with van der Waals surface area (Å²) in [7, 11) is 0. The molecule has 0 saturated carbocycles. The van der Waals surface area contributed by atoms with Crippen molar-refractivity contribution >= 4 is 29.3 Å². The van der Waals surface area contributed by atoms with Gasteiger partial charge >= 0.3 is 5.97 Å². The summed E-state index contributed by atoms with van der Waals surface area (Å²) < 4.78 is 4.13. The molecule has 2 nitrogen and oxygen atoms in total. The number of halogens is 1. The zero-order valence-corrected chi connectivity index (χ0v) is 7.67. The molecule has 0 N–H and O–H groups in total. The Bertz CT molecular complexity index is 108. The number of esters is 1. The summed E-state index contributed by atoms with van der Waals surface area (Å²) in [5, 5.41) is 0. The maximum atomic E-state index is 10.8. The van der Waals surface area contributed by atoms with Gasteiger partial charge in [0.25, 0.3) is 0 Å². The molecule has 4 heteroatoms. The van der Waals surface area contributed by atoms with Crippen molar-refractivity contribution in [3.8, 4) is 0 Å². The van der Waals surface area contributed by atoms with E-state index < -0.39 is 4.71 Å². The van der Waals surface area contributed by atoms with E-state index in [0.717, 1.165) is 5.75 Å². The van der Waals surface area contributed by atoms with Crippen molar-refractivity contribution in [3.63, 3.8) is 0 Å². The molecule has 10 heavy (non-hydrogen) atoms. The highest BCUT2D eigenvalue weighted by atomic mass is 35.5. The van der Waals surface area contributed by atoms with Crippen LogP contribution >= 0.6 is 23.4 Å². The lowest BCUT2D eigenvalue weighted by molar-refractivity contribution is -0.140. The molecule has 1 atom stereocenters. The zero-order valence-electron chi connectivity index (χ0n) is 6.09. The predicted octanol–water partition coefficient (Wildman–Crippen LogP) is 1.87. The summed E-state index contributed by atoms with van der Waals surface area (Å²) in [4.78, 5) is 10.8. The molecule has 0 aliphatic rings. The standard InChI is InChI=1S/C6H11ClO2S/c1-3-9-6(8)5(7)10-4-2/h5H,3-4H2,1-2H3. The van der Waals surface area contributed by atoms with Crippen LogP contribution in [0.25, 0.3) is 0 Å². The molecule has 0 aliphatic heterocycles. The lowest BCUT2D eigenvalue weighted by Crippen LogP contribution is -2.14. The van der Waals surface area contributed by atoms with E-state index in [1.165, 1.54) is 11.8 Å². The Labute approximate surface area is 70.3 Å². The van der Waals surface area contributed by atoms with Crippen molar-refractivity contribution in [2.75, 3.05) is 12.4 Å². The number of thioether (sulfide) groups is 1. The topological polar surface area (TPSA) is 26.3 Å². The second-order valence-electron chi connectivity index (χ2n) is 1.52. The van der Waals surface area contributed by atoms with Crippen molar-refractivity contribution in [2.24, 2.45) is 0 Å². The average molecular weight is 183 g/mol. The van der Waals surface area contributed by atoms with Crippen LogP contribution in [0.4, 0.5) is 0 Å². The van der Waals surface area contributed by atoms with Crippen LogP contribution in [0.2, 0.25) is 0 Å². The molecule has 0 aromatic heterocycles. The molecule has 0 aromatic carbocycles. The Morgan fingerprint density at radius 2 is 2.30 bits per heavy atom. The van der Waals surface area contributed by atoms with Crippen LogP contribution in [0.1, 0.15) is 13.8 Å². The molecule has 0 aliphatic carbocycles. The second-order valence-corrected chi connectivity index (χ2v) is 3.60. The fourth-order valence-electron chi connectivity index (χ4n) is 0.422. The number of ether oxygens (including phenoxy) is 1. The first-order chi connectivity index (χ1) is 4.72. The molecule has 60 valence electrons. The van der Waals surface area contributed by atoms with Crippen LogP contribution in [0.3, 0.4) is 0 Å². The molecular weight excluding hydrogens is 172 g/mol. The van der Waals surface area contributed by atoms with Crippen LogP contribution in [0.5, 0.6) is 0 Å². The van der Waals surface area contributed by atoms with Gasteiger partial charge in [0.2, 0.25) is 0 Å². The summed E-state index contributed by atoms with van der Waals surface area (Å²) in [5.74, 6) is 0.489. The highest BCUT2D eigenvalue weighted by molar-refractivity contribution is 8.01. The van der Waals surface area contributed by atoms with E-state index in [0.29, 0.717) is 6.61 Å². The first kappa shape index (κ1) is 10.1. The molecule has 0 fully saturated rings. The van der Waals surface area contributed by atoms with Gasteiger partial charge in [-0.05, 0) is 12.7 Å². The monoisotopic (exact) mass is 182 g/mol. The third kappa shape index (κ3) is 4.01. The van der Waals surface area contributed by atoms with Crippen LogP contribution in [-0.4, -0.2) is 23.0 Å². The minimum atomic E-state index is -0.537. The normalized spacial score (nSPS) is 12.7. The molecule has 0 bridgehead atoms. The number of hydrogen-bond donors (Lipinski definition) is 0. The lowest BCUT2D eigenvalue weighted by Gasteiger charge is -2.05. The molecule has 0 amide bonds. The van der Waals surface area contributed by atoms with Crippen LogP contribution < -0.4 is 0 Å². The van der Waals surface area contributed by atoms with Crippen molar-refractivity contribution in [1.82, 2.24) is 0 Å². The minimum Gasteiger partial charge on any atom is -0.464 e. The maximum Gasteiger partial charge on any atom is 0.334 e. The van der Waals surface area contributed by atoms with E-state index in [4.69, 9.17) is 11.6 Å². The summed E-state index contributed by atoms with van der Waals surface area (Å²) in [6, 6.07) is 0. The van der Waals surface area contributed by atoms with Crippen LogP contribution in [0, 0.1) is 0 Å². The van der Waals surface area contributed by atoms with Crippen molar-refractivity contribution < 1.29 is 9.53 Å². The SMILES string of the molecule is CCOC(=O)C(Cl)SCC. The Morgan fingerprint density at radius 1 is 1.70 bits per heavy atom. The third-order valence-corrected chi connectivity index (χ3v) is 2.16. The molecular formula is C6H11ClO2S. The fraction of sp³-hybridized carbons (Fsp3) is 0.833. The summed E-state index contributed by atoms with van der Waals surface area (Å²) >= 11 is 6.97. The van der Waals surface area contributed by atoms with Gasteiger partial charge in [0, 0.05) is 0 Å². The van der Waals surface area contributed by atoms with E-state index in [1.807, 2.05) is 6.92 Å². The number of carbonyl (C=O) groups excluding carboxylic acids is 1. The third-order valence-electron chi connectivity index (χ3n) is 0.785. The van der Waals surface area contributed by atoms with Gasteiger partial charge in [0.1, 0.15) is 0 Å². The first-order valence-corrected chi connectivity index (χ1v) is 4.63. The molecule has 0 rings (SSSR count). The number of hydrogen-bond acceptors (Lipinski definition) is 3. The van der Waals surface area contributed by atoms with E-state index in [1.54, 1.807) is 6.92 Å². The first-order valence-electron chi connectivity index (χ1n) is 3.14. The van der Waals surface area contributed by atoms with Crippen molar-refractivity contribution in [2.45, 2.75) is 18.6 Å². The second kappa shape index (κ2) is 5.86. The summed E-state index contributed by atoms with van der Waals surface area (Å²) in [6.07, 6.45) is 0. The summed E-state index contributed by atoms with van der Waals surface area (Å²) in [6.45, 7) is 4.10. The van der Waals surface area contributed by atoms with Gasteiger partial charge in [-0.2, -0.15) is 0 Å². The van der Waals surface area contributed by atoms with Crippen LogP contribution in [-0.2, 0) is 9.53 Å². The highest BCUT2D eigenvalue weighted by Gasteiger charge is 2.14. The molecule has 0 aromatic rings. The number of carbonyl (C=O) groups is 1. The smallest absolute Gasteiger partial charge is 0.334 e. The largest absolute Gasteiger partial charge is 0.464 e. The fourth-order valence-corrected chi connectivity index (χ4v) is 1.36. The molecule has 0 heterocycles. The van der Waals surface area contributed by atoms with E-state index in [2.05, 4.69) is 4.74 Å². The van der Waals surface area contributed by atoms with E-state index >= 15 is 0 Å². The van der Waals surface area contributed by atoms with E-state index in [9.17, 15) is 4.79 Å². The molecule has 1 unspecified atom stereocenters. The van der Waals surface area contributed by atoms with Gasteiger partial charge in [0.05, 0.1) is 6.61 Å². The van der Waals surface area contributed by atoms with Gasteiger partial charge in [-0.15, -0.1) is 11.8 Å². The van der Waals surface area contributed by atoms with Gasteiger partial charge in [0.15, 0.2) is 4.71 Å². The van der Waals surface area contributed by atoms with Gasteiger partial charge < -0.3 is 4.74 Å². The Balaban J connectivity index is 3.49. The van der Waals surface area contributed by atoms with E-state index in [-0.39, 0.29) is 5.97 Å². The maximum absolute atomic E-state index is 10.8. The summed E-state index contributed by atoms with van der Waals surface area (Å²) in [5.41, 5.74) is 0. The predicted molar refractivity (Wildman–Crippen MR) is 44.4 cm³/mol. The molecule has 0 spiro atoms. The Morgan fingerprint density at radius 3 is 2.70 bits per heavy atom. The average Bonchev–Trinajstić information content (AvgIpc) is 1.89. The zero-order chi connectivity index (χ0) is 7.98. The van der Waals surface area contributed by atoms with Crippen LogP contribution in [0.15, 0.2) is 0 Å². The van der Waals surface area contributed by atoms with Gasteiger partial charge in [-0.3, -0.25) is 0 Å². The van der Waals surface area contributed by atoms with Gasteiger partial charge in [-0.1, -0.05) is 18.5 Å².